The molecule has 1 aliphatic carbocycles. The smallest absolute Gasteiger partial charge is 0.413 e. The predicted octanol–water partition coefficient (Wildman–Crippen LogP) is 1.61. The number of carbonyl (C=O) groups is 2. The van der Waals surface area contributed by atoms with Crippen LogP contribution >= 0.6 is 11.6 Å². The van der Waals surface area contributed by atoms with E-state index in [4.69, 9.17) is 21.9 Å². The van der Waals surface area contributed by atoms with Gasteiger partial charge in [-0.2, -0.15) is 0 Å². The van der Waals surface area contributed by atoms with Crippen LogP contribution in [0.1, 0.15) is 19.8 Å². The number of hydrogen-bond acceptors (Lipinski definition) is 4. The fourth-order valence-corrected chi connectivity index (χ4v) is 0.958. The standard InChI is InChI=1S/C5H9NO.C4H6ClNO3/c1-4(6-7)5-2-3-5;1-6(4(8)9)3(7)2-5/h5,7H,2-3H2,1H3;2H2,1H3,(H,8,9). The molecule has 6 nitrogen and oxygen atoms in total. The molecule has 0 aromatic carbocycles. The van der Waals surface area contributed by atoms with Crippen molar-refractivity contribution in [3.05, 3.63) is 0 Å². The summed E-state index contributed by atoms with van der Waals surface area (Å²) in [5, 5.41) is 19.3. The highest BCUT2D eigenvalue weighted by Crippen LogP contribution is 2.29. The molecule has 0 heterocycles. The molecular weight excluding hydrogens is 236 g/mol. The number of amides is 2. The normalized spacial score (nSPS) is 14.8. The molecule has 16 heavy (non-hydrogen) atoms. The van der Waals surface area contributed by atoms with Gasteiger partial charge < -0.3 is 10.3 Å². The lowest BCUT2D eigenvalue weighted by atomic mass is 10.3. The Labute approximate surface area is 98.5 Å². The molecule has 1 aliphatic rings. The first kappa shape index (κ1) is 14.7. The van der Waals surface area contributed by atoms with Crippen LogP contribution < -0.4 is 0 Å². The van der Waals surface area contributed by atoms with Crippen molar-refractivity contribution in [3.8, 4) is 0 Å². The van der Waals surface area contributed by atoms with Crippen LogP contribution in [0, 0.1) is 5.92 Å². The minimum Gasteiger partial charge on any atom is -0.465 e. The molecule has 0 atom stereocenters. The van der Waals surface area contributed by atoms with Crippen molar-refractivity contribution in [1.29, 1.82) is 0 Å². The second kappa shape index (κ2) is 7.05. The molecule has 1 fully saturated rings. The third kappa shape index (κ3) is 5.55. The minimum atomic E-state index is -1.29. The number of alkyl halides is 1. The number of carboxylic acid groups (broad SMARTS) is 1. The summed E-state index contributed by atoms with van der Waals surface area (Å²) in [7, 11) is 1.15. The first-order chi connectivity index (χ1) is 7.43. The first-order valence-corrected chi connectivity index (χ1v) is 5.21. The monoisotopic (exact) mass is 250 g/mol. The van der Waals surface area contributed by atoms with E-state index in [0.717, 1.165) is 12.8 Å². The molecule has 0 bridgehead atoms. The summed E-state index contributed by atoms with van der Waals surface area (Å²) >= 11 is 5.04. The van der Waals surface area contributed by atoms with E-state index in [9.17, 15) is 9.59 Å². The average Bonchev–Trinajstić information content (AvgIpc) is 3.10. The molecule has 92 valence electrons. The second-order valence-corrected chi connectivity index (χ2v) is 3.65. The zero-order valence-corrected chi connectivity index (χ0v) is 9.94. The van der Waals surface area contributed by atoms with Crippen LogP contribution in [0.15, 0.2) is 5.16 Å². The van der Waals surface area contributed by atoms with Gasteiger partial charge in [-0.25, -0.2) is 9.69 Å². The van der Waals surface area contributed by atoms with Crippen molar-refractivity contribution in [2.45, 2.75) is 19.8 Å². The maximum atomic E-state index is 10.4. The Hall–Kier alpha value is -1.30. The summed E-state index contributed by atoms with van der Waals surface area (Å²) in [5.74, 6) is -0.308. The third-order valence-electron chi connectivity index (χ3n) is 2.10. The van der Waals surface area contributed by atoms with Crippen LogP contribution in [-0.4, -0.2) is 45.9 Å². The first-order valence-electron chi connectivity index (χ1n) is 4.68. The van der Waals surface area contributed by atoms with Crippen LogP contribution in [0.3, 0.4) is 0 Å². The molecule has 1 rings (SSSR count). The fraction of sp³-hybridized carbons (Fsp3) is 0.667. The van der Waals surface area contributed by atoms with E-state index in [1.807, 2.05) is 6.92 Å². The number of oxime groups is 1. The molecule has 0 unspecified atom stereocenters. The Bertz CT molecular complexity index is 289. The lowest BCUT2D eigenvalue weighted by molar-refractivity contribution is -0.125. The quantitative estimate of drug-likeness (QED) is 0.337. The van der Waals surface area contributed by atoms with E-state index < -0.39 is 12.0 Å². The Morgan fingerprint density at radius 2 is 2.00 bits per heavy atom. The van der Waals surface area contributed by atoms with Gasteiger partial charge in [-0.3, -0.25) is 4.79 Å². The molecule has 0 radical (unpaired) electrons. The number of imide groups is 1. The van der Waals surface area contributed by atoms with E-state index in [1.54, 1.807) is 0 Å². The highest BCUT2D eigenvalue weighted by Gasteiger charge is 2.24. The van der Waals surface area contributed by atoms with E-state index >= 15 is 0 Å². The second-order valence-electron chi connectivity index (χ2n) is 3.38. The van der Waals surface area contributed by atoms with E-state index in [-0.39, 0.29) is 5.88 Å². The highest BCUT2D eigenvalue weighted by atomic mass is 35.5. The Morgan fingerprint density at radius 1 is 1.50 bits per heavy atom. The van der Waals surface area contributed by atoms with Crippen LogP contribution in [-0.2, 0) is 4.79 Å². The fourth-order valence-electron chi connectivity index (χ4n) is 0.779. The van der Waals surface area contributed by atoms with Gasteiger partial charge in [0.05, 0.1) is 5.71 Å². The van der Waals surface area contributed by atoms with Gasteiger partial charge in [-0.05, 0) is 19.8 Å². The molecule has 2 amide bonds. The Balaban J connectivity index is 0.000000288. The molecule has 0 saturated heterocycles. The number of halogens is 1. The number of carbonyl (C=O) groups excluding carboxylic acids is 1. The summed E-state index contributed by atoms with van der Waals surface area (Å²) in [6.45, 7) is 1.86. The van der Waals surface area contributed by atoms with Gasteiger partial charge in [0.2, 0.25) is 5.91 Å². The van der Waals surface area contributed by atoms with Gasteiger partial charge in [-0.15, -0.1) is 11.6 Å². The van der Waals surface area contributed by atoms with Gasteiger partial charge in [0.1, 0.15) is 5.88 Å². The van der Waals surface area contributed by atoms with Crippen molar-refractivity contribution < 1.29 is 19.9 Å². The maximum absolute atomic E-state index is 10.4. The molecule has 0 aliphatic heterocycles. The lowest BCUT2D eigenvalue weighted by Crippen LogP contribution is -2.32. The zero-order valence-electron chi connectivity index (χ0n) is 9.18. The summed E-state index contributed by atoms with van der Waals surface area (Å²) < 4.78 is 0. The summed E-state index contributed by atoms with van der Waals surface area (Å²) in [6.07, 6.45) is 1.15. The van der Waals surface area contributed by atoms with E-state index in [0.29, 0.717) is 10.8 Å². The molecule has 0 spiro atoms. The summed E-state index contributed by atoms with van der Waals surface area (Å²) in [6, 6.07) is 0. The van der Waals surface area contributed by atoms with Gasteiger partial charge in [0.15, 0.2) is 0 Å². The van der Waals surface area contributed by atoms with Gasteiger partial charge >= 0.3 is 6.09 Å². The Kier molecular flexibility index (Phi) is 6.48. The Morgan fingerprint density at radius 3 is 2.12 bits per heavy atom. The van der Waals surface area contributed by atoms with Crippen molar-refractivity contribution in [2.24, 2.45) is 11.1 Å². The molecule has 2 N–H and O–H groups in total. The van der Waals surface area contributed by atoms with Crippen molar-refractivity contribution >= 4 is 29.3 Å². The molecule has 7 heteroatoms. The molecular formula is C9H15ClN2O4. The number of rotatable bonds is 2. The SMILES string of the molecule is CC(=NO)C1CC1.CN(C(=O)O)C(=O)CCl. The third-order valence-corrected chi connectivity index (χ3v) is 2.33. The predicted molar refractivity (Wildman–Crippen MR) is 59.1 cm³/mol. The largest absolute Gasteiger partial charge is 0.465 e. The van der Waals surface area contributed by atoms with Crippen LogP contribution in [0.25, 0.3) is 0 Å². The van der Waals surface area contributed by atoms with Gasteiger partial charge in [0.25, 0.3) is 0 Å². The topological polar surface area (TPSA) is 90.2 Å². The van der Waals surface area contributed by atoms with Crippen LogP contribution in [0.5, 0.6) is 0 Å². The summed E-state index contributed by atoms with van der Waals surface area (Å²) in [5.41, 5.74) is 0.889. The molecule has 1 saturated carbocycles. The maximum Gasteiger partial charge on any atom is 0.413 e. The minimum absolute atomic E-state index is 0.303. The van der Waals surface area contributed by atoms with Gasteiger partial charge in [-0.1, -0.05) is 5.16 Å². The van der Waals surface area contributed by atoms with Crippen LogP contribution in [0.2, 0.25) is 0 Å². The average molecular weight is 251 g/mol. The molecule has 0 aromatic rings. The number of nitrogens with zero attached hydrogens (tertiary/aromatic N) is 2. The van der Waals surface area contributed by atoms with E-state index in [2.05, 4.69) is 5.16 Å². The van der Waals surface area contributed by atoms with E-state index in [1.165, 1.54) is 12.8 Å². The summed E-state index contributed by atoms with van der Waals surface area (Å²) in [4.78, 5) is 20.8. The lowest BCUT2D eigenvalue weighted by Gasteiger charge is -2.06. The van der Waals surface area contributed by atoms with Gasteiger partial charge in [0, 0.05) is 13.0 Å². The highest BCUT2D eigenvalue weighted by molar-refractivity contribution is 6.28. The van der Waals surface area contributed by atoms with Crippen molar-refractivity contribution in [1.82, 2.24) is 4.90 Å². The molecule has 0 aromatic heterocycles. The van der Waals surface area contributed by atoms with Crippen LogP contribution in [0.4, 0.5) is 4.79 Å². The van der Waals surface area contributed by atoms with Crippen molar-refractivity contribution in [3.63, 3.8) is 0 Å². The van der Waals surface area contributed by atoms with Crippen molar-refractivity contribution in [2.75, 3.05) is 12.9 Å². The number of hydrogen-bond donors (Lipinski definition) is 2. The zero-order chi connectivity index (χ0) is 12.7.